The number of rotatable bonds is 12. The van der Waals surface area contributed by atoms with Crippen molar-refractivity contribution in [2.75, 3.05) is 26.4 Å². The van der Waals surface area contributed by atoms with Crippen LogP contribution >= 0.6 is 0 Å². The minimum absolute atomic E-state index is 0.456. The lowest BCUT2D eigenvalue weighted by atomic mass is 10.3. The van der Waals surface area contributed by atoms with E-state index >= 15 is 0 Å². The van der Waals surface area contributed by atoms with Gasteiger partial charge in [0.15, 0.2) is 5.76 Å². The third kappa shape index (κ3) is 7.97. The van der Waals surface area contributed by atoms with Gasteiger partial charge in [-0.05, 0) is 19.4 Å². The highest BCUT2D eigenvalue weighted by atomic mass is 16.5. The molecule has 19 heavy (non-hydrogen) atoms. The van der Waals surface area contributed by atoms with Crippen molar-refractivity contribution in [3.05, 3.63) is 17.5 Å². The summed E-state index contributed by atoms with van der Waals surface area (Å²) in [5.74, 6) is 0.766. The highest BCUT2D eigenvalue weighted by Gasteiger charge is 2.03. The fraction of sp³-hybridized carbons (Fsp3) is 0.786. The van der Waals surface area contributed by atoms with Crippen LogP contribution in [0.5, 0.6) is 0 Å². The highest BCUT2D eigenvalue weighted by Crippen LogP contribution is 2.05. The van der Waals surface area contributed by atoms with Gasteiger partial charge in [-0.1, -0.05) is 25.4 Å². The third-order valence-electron chi connectivity index (χ3n) is 2.60. The smallest absolute Gasteiger partial charge is 0.162 e. The molecular formula is C14H26N2O3. The van der Waals surface area contributed by atoms with E-state index in [4.69, 9.17) is 14.0 Å². The Bertz CT molecular complexity index is 315. The number of unbranched alkanes of at least 4 members (excludes halogenated alkanes) is 1. The summed E-state index contributed by atoms with van der Waals surface area (Å²) in [5, 5.41) is 7.26. The van der Waals surface area contributed by atoms with Crippen molar-refractivity contribution in [3.8, 4) is 0 Å². The monoisotopic (exact) mass is 270 g/mol. The van der Waals surface area contributed by atoms with Gasteiger partial charge in [-0.25, -0.2) is 0 Å². The Hall–Kier alpha value is -0.910. The summed E-state index contributed by atoms with van der Waals surface area (Å²) in [5.41, 5.74) is 0.922. The molecule has 1 aromatic rings. The highest BCUT2D eigenvalue weighted by molar-refractivity contribution is 5.04. The third-order valence-corrected chi connectivity index (χ3v) is 2.60. The van der Waals surface area contributed by atoms with E-state index in [1.165, 1.54) is 0 Å². The van der Waals surface area contributed by atoms with E-state index in [1.54, 1.807) is 0 Å². The van der Waals surface area contributed by atoms with Crippen LogP contribution in [-0.4, -0.2) is 31.5 Å². The Kier molecular flexibility index (Phi) is 9.32. The Morgan fingerprint density at radius 2 is 2.00 bits per heavy atom. The normalized spacial score (nSPS) is 11.1. The second-order valence-corrected chi connectivity index (χ2v) is 4.48. The molecule has 0 unspecified atom stereocenters. The van der Waals surface area contributed by atoms with E-state index in [0.29, 0.717) is 19.8 Å². The maximum Gasteiger partial charge on any atom is 0.162 e. The molecule has 0 atom stereocenters. The number of ether oxygens (including phenoxy) is 2. The Balaban J connectivity index is 2.03. The van der Waals surface area contributed by atoms with Gasteiger partial charge in [-0.3, -0.25) is 0 Å². The molecule has 0 aliphatic carbocycles. The van der Waals surface area contributed by atoms with Crippen LogP contribution in [0.2, 0.25) is 0 Å². The Morgan fingerprint density at radius 3 is 2.79 bits per heavy atom. The summed E-state index contributed by atoms with van der Waals surface area (Å²) >= 11 is 0. The van der Waals surface area contributed by atoms with E-state index in [0.717, 1.165) is 50.4 Å². The van der Waals surface area contributed by atoms with Crippen molar-refractivity contribution in [2.45, 2.75) is 46.3 Å². The summed E-state index contributed by atoms with van der Waals surface area (Å²) in [7, 11) is 0. The molecule has 110 valence electrons. The van der Waals surface area contributed by atoms with Crippen LogP contribution in [0.15, 0.2) is 10.6 Å². The van der Waals surface area contributed by atoms with Gasteiger partial charge in [-0.2, -0.15) is 0 Å². The maximum absolute atomic E-state index is 5.46. The van der Waals surface area contributed by atoms with Crippen molar-refractivity contribution in [3.63, 3.8) is 0 Å². The standard InChI is InChI=1S/C14H26N2O3/c1-3-5-7-17-8-9-18-12-14-10-13(16-19-14)11-15-6-4-2/h10,15H,3-9,11-12H2,1-2H3. The first kappa shape index (κ1) is 16.1. The molecule has 0 radical (unpaired) electrons. The van der Waals surface area contributed by atoms with E-state index in [-0.39, 0.29) is 0 Å². The summed E-state index contributed by atoms with van der Waals surface area (Å²) in [6, 6.07) is 1.93. The number of hydrogen-bond donors (Lipinski definition) is 1. The summed E-state index contributed by atoms with van der Waals surface area (Å²) in [4.78, 5) is 0. The average Bonchev–Trinajstić information content (AvgIpc) is 2.86. The lowest BCUT2D eigenvalue weighted by Crippen LogP contribution is -2.13. The summed E-state index contributed by atoms with van der Waals surface area (Å²) in [6.07, 6.45) is 3.38. The molecule has 5 nitrogen and oxygen atoms in total. The Labute approximate surface area is 115 Å². The zero-order chi connectivity index (χ0) is 13.8. The molecule has 0 fully saturated rings. The van der Waals surface area contributed by atoms with Crippen LogP contribution < -0.4 is 5.32 Å². The first-order valence-corrected chi connectivity index (χ1v) is 7.17. The number of aromatic nitrogens is 1. The molecular weight excluding hydrogens is 244 g/mol. The molecule has 0 saturated heterocycles. The van der Waals surface area contributed by atoms with Crippen molar-refractivity contribution in [1.82, 2.24) is 10.5 Å². The van der Waals surface area contributed by atoms with Crippen LogP contribution in [0.25, 0.3) is 0 Å². The second-order valence-electron chi connectivity index (χ2n) is 4.48. The van der Waals surface area contributed by atoms with Gasteiger partial charge in [-0.15, -0.1) is 0 Å². The van der Waals surface area contributed by atoms with Crippen molar-refractivity contribution in [2.24, 2.45) is 0 Å². The van der Waals surface area contributed by atoms with Crippen LogP contribution in [0.3, 0.4) is 0 Å². The predicted octanol–water partition coefficient (Wildman–Crippen LogP) is 2.51. The van der Waals surface area contributed by atoms with Gasteiger partial charge in [0, 0.05) is 19.2 Å². The molecule has 0 aliphatic rings. The molecule has 1 N–H and O–H groups in total. The molecule has 1 heterocycles. The molecule has 0 saturated carbocycles. The van der Waals surface area contributed by atoms with E-state index in [2.05, 4.69) is 24.3 Å². The van der Waals surface area contributed by atoms with Crippen molar-refractivity contribution >= 4 is 0 Å². The molecule has 0 bridgehead atoms. The zero-order valence-corrected chi connectivity index (χ0v) is 12.1. The first-order chi connectivity index (χ1) is 9.36. The quantitative estimate of drug-likeness (QED) is 0.591. The predicted molar refractivity (Wildman–Crippen MR) is 73.9 cm³/mol. The first-order valence-electron chi connectivity index (χ1n) is 7.17. The van der Waals surface area contributed by atoms with Gasteiger partial charge in [0.25, 0.3) is 0 Å². The Morgan fingerprint density at radius 1 is 1.16 bits per heavy atom. The van der Waals surface area contributed by atoms with Gasteiger partial charge in [0.1, 0.15) is 6.61 Å². The van der Waals surface area contributed by atoms with E-state index < -0.39 is 0 Å². The maximum atomic E-state index is 5.46. The molecule has 0 aromatic carbocycles. The summed E-state index contributed by atoms with van der Waals surface area (Å²) in [6.45, 7) is 8.53. The topological polar surface area (TPSA) is 56.5 Å². The molecule has 1 aromatic heterocycles. The van der Waals surface area contributed by atoms with Crippen molar-refractivity contribution in [1.29, 1.82) is 0 Å². The number of nitrogens with one attached hydrogen (secondary N) is 1. The molecule has 0 spiro atoms. The SMILES string of the molecule is CCCCOCCOCc1cc(CNCCC)no1. The minimum atomic E-state index is 0.456. The summed E-state index contributed by atoms with van der Waals surface area (Å²) < 4.78 is 16.0. The molecule has 1 rings (SSSR count). The lowest BCUT2D eigenvalue weighted by Gasteiger charge is -2.03. The van der Waals surface area contributed by atoms with E-state index in [1.807, 2.05) is 6.07 Å². The van der Waals surface area contributed by atoms with Gasteiger partial charge in [0.2, 0.25) is 0 Å². The number of hydrogen-bond acceptors (Lipinski definition) is 5. The second kappa shape index (κ2) is 11.0. The molecule has 0 aliphatic heterocycles. The minimum Gasteiger partial charge on any atom is -0.379 e. The lowest BCUT2D eigenvalue weighted by molar-refractivity contribution is 0.0323. The van der Waals surface area contributed by atoms with Crippen LogP contribution in [-0.2, 0) is 22.6 Å². The molecule has 0 amide bonds. The van der Waals surface area contributed by atoms with Crippen LogP contribution in [0.1, 0.15) is 44.6 Å². The fourth-order valence-electron chi connectivity index (χ4n) is 1.54. The van der Waals surface area contributed by atoms with Crippen molar-refractivity contribution < 1.29 is 14.0 Å². The van der Waals surface area contributed by atoms with Gasteiger partial charge >= 0.3 is 0 Å². The number of nitrogens with zero attached hydrogens (tertiary/aromatic N) is 1. The zero-order valence-electron chi connectivity index (χ0n) is 12.1. The van der Waals surface area contributed by atoms with Crippen LogP contribution in [0.4, 0.5) is 0 Å². The average molecular weight is 270 g/mol. The van der Waals surface area contributed by atoms with Gasteiger partial charge < -0.3 is 19.3 Å². The van der Waals surface area contributed by atoms with E-state index in [9.17, 15) is 0 Å². The van der Waals surface area contributed by atoms with Crippen LogP contribution in [0, 0.1) is 0 Å². The largest absolute Gasteiger partial charge is 0.379 e. The van der Waals surface area contributed by atoms with Gasteiger partial charge in [0.05, 0.1) is 18.9 Å². The fourth-order valence-corrected chi connectivity index (χ4v) is 1.54. The molecule has 5 heteroatoms.